The first kappa shape index (κ1) is 24.0. The number of carbonyl (C=O) groups excluding carboxylic acids is 3. The summed E-state index contributed by atoms with van der Waals surface area (Å²) in [7, 11) is 0. The highest BCUT2D eigenvalue weighted by Gasteiger charge is 2.37. The molecule has 2 atom stereocenters. The molecule has 2 N–H and O–H groups in total. The second kappa shape index (κ2) is 10.5. The maximum Gasteiger partial charge on any atom is 0.258 e. The Morgan fingerprint density at radius 2 is 1.89 bits per heavy atom. The zero-order valence-electron chi connectivity index (χ0n) is 20.3. The lowest BCUT2D eigenvalue weighted by Crippen LogP contribution is -2.45. The summed E-state index contributed by atoms with van der Waals surface area (Å²) in [6.07, 6.45) is 2.26. The van der Waals surface area contributed by atoms with Gasteiger partial charge in [-0.25, -0.2) is 0 Å². The van der Waals surface area contributed by atoms with Crippen molar-refractivity contribution in [1.82, 2.24) is 15.5 Å². The van der Waals surface area contributed by atoms with Gasteiger partial charge in [-0.3, -0.25) is 14.4 Å². The largest absolute Gasteiger partial charge is 0.493 e. The Labute approximate surface area is 210 Å². The average molecular weight is 494 g/mol. The van der Waals surface area contributed by atoms with Crippen LogP contribution in [0.5, 0.6) is 17.2 Å². The van der Waals surface area contributed by atoms with E-state index in [1.807, 2.05) is 31.2 Å². The molecule has 2 aromatic carbocycles. The van der Waals surface area contributed by atoms with E-state index < -0.39 is 12.1 Å². The highest BCUT2D eigenvalue weighted by molar-refractivity contribution is 5.95. The first-order valence-corrected chi connectivity index (χ1v) is 12.5. The maximum atomic E-state index is 13.3. The van der Waals surface area contributed by atoms with Crippen molar-refractivity contribution in [3.63, 3.8) is 0 Å². The molecule has 3 amide bonds. The Kier molecular flexibility index (Phi) is 6.97. The molecule has 36 heavy (non-hydrogen) atoms. The van der Waals surface area contributed by atoms with E-state index in [0.717, 1.165) is 18.4 Å². The molecule has 3 heterocycles. The number of carbonyl (C=O) groups is 3. The van der Waals surface area contributed by atoms with E-state index in [2.05, 4.69) is 10.6 Å². The number of hydrogen-bond acceptors (Lipinski definition) is 6. The molecule has 0 spiro atoms. The average Bonchev–Trinajstić information content (AvgIpc) is 3.65. The van der Waals surface area contributed by atoms with Crippen LogP contribution in [0.3, 0.4) is 0 Å². The van der Waals surface area contributed by atoms with Crippen LogP contribution in [0, 0.1) is 5.92 Å². The fourth-order valence-corrected chi connectivity index (χ4v) is 4.34. The molecule has 190 valence electrons. The zero-order chi connectivity index (χ0) is 25.1. The molecule has 2 aromatic rings. The lowest BCUT2D eigenvalue weighted by molar-refractivity contribution is -0.130. The van der Waals surface area contributed by atoms with Crippen LogP contribution in [0.4, 0.5) is 0 Å². The number of ether oxygens (including phenoxy) is 3. The molecule has 1 aliphatic carbocycles. The van der Waals surface area contributed by atoms with E-state index in [1.165, 1.54) is 0 Å². The normalized spacial score (nSPS) is 22.0. The highest BCUT2D eigenvalue weighted by atomic mass is 16.5. The standard InChI is InChI=1S/C27H31N3O6/c1-2-26(32)30-13-23-24(14-30)36-20-7-5-17(6-8-20)12-28-25(31)16-35-22-10-19(27(33)29-23)9-21(11-22)34-15-18-3-4-18/h5-11,18,23-24H,2-4,12-16H2,1H3,(H,28,31)(H,29,33)/t23-,24-/m0/s1. The molecule has 0 radical (unpaired) electrons. The topological polar surface area (TPSA) is 106 Å². The number of rotatable bonds is 4. The summed E-state index contributed by atoms with van der Waals surface area (Å²) in [5.41, 5.74) is 1.27. The lowest BCUT2D eigenvalue weighted by Gasteiger charge is -2.21. The molecule has 2 fully saturated rings. The Hall–Kier alpha value is -3.75. The molecular formula is C27H31N3O6. The number of benzene rings is 2. The minimum absolute atomic E-state index is 0.0136. The predicted molar refractivity (Wildman–Crippen MR) is 131 cm³/mol. The van der Waals surface area contributed by atoms with Crippen molar-refractivity contribution in [2.75, 3.05) is 26.3 Å². The summed E-state index contributed by atoms with van der Waals surface area (Å²) in [4.78, 5) is 39.8. The van der Waals surface area contributed by atoms with Crippen LogP contribution in [0.15, 0.2) is 42.5 Å². The third-order valence-corrected chi connectivity index (χ3v) is 6.63. The van der Waals surface area contributed by atoms with E-state index in [1.54, 1.807) is 23.1 Å². The molecule has 1 saturated heterocycles. The van der Waals surface area contributed by atoms with Crippen LogP contribution >= 0.6 is 0 Å². The summed E-state index contributed by atoms with van der Waals surface area (Å²) in [6.45, 7) is 3.31. The summed E-state index contributed by atoms with van der Waals surface area (Å²) < 4.78 is 17.9. The number of amides is 3. The van der Waals surface area contributed by atoms with E-state index in [4.69, 9.17) is 14.2 Å². The second-order valence-corrected chi connectivity index (χ2v) is 9.55. The van der Waals surface area contributed by atoms with Crippen LogP contribution in [-0.2, 0) is 16.1 Å². The summed E-state index contributed by atoms with van der Waals surface area (Å²) in [6, 6.07) is 12.0. The van der Waals surface area contributed by atoms with Gasteiger partial charge in [0.15, 0.2) is 6.61 Å². The number of hydrogen-bond donors (Lipinski definition) is 2. The van der Waals surface area contributed by atoms with Crippen molar-refractivity contribution in [3.8, 4) is 17.2 Å². The van der Waals surface area contributed by atoms with E-state index >= 15 is 0 Å². The van der Waals surface area contributed by atoms with Gasteiger partial charge in [-0.05, 0) is 48.6 Å². The fourth-order valence-electron chi connectivity index (χ4n) is 4.34. The van der Waals surface area contributed by atoms with Gasteiger partial charge >= 0.3 is 0 Å². The Bertz CT molecular complexity index is 1130. The zero-order valence-corrected chi connectivity index (χ0v) is 20.3. The first-order valence-electron chi connectivity index (χ1n) is 12.5. The SMILES string of the molecule is CCC(=O)N1C[C@@H]2NC(=O)c3cc(cc(OCC4CC4)c3)OCC(=O)NCc3ccc(cc3)O[C@H]2C1. The van der Waals surface area contributed by atoms with Crippen LogP contribution in [0.25, 0.3) is 0 Å². The minimum atomic E-state index is -0.407. The van der Waals surface area contributed by atoms with Crippen LogP contribution in [-0.4, -0.2) is 61.1 Å². The minimum Gasteiger partial charge on any atom is -0.493 e. The third-order valence-electron chi connectivity index (χ3n) is 6.63. The summed E-state index contributed by atoms with van der Waals surface area (Å²) >= 11 is 0. The Balaban J connectivity index is 1.43. The van der Waals surface area contributed by atoms with Gasteiger partial charge in [0.25, 0.3) is 11.8 Å². The smallest absolute Gasteiger partial charge is 0.258 e. The fraction of sp³-hybridized carbons (Fsp3) is 0.444. The van der Waals surface area contributed by atoms with Crippen molar-refractivity contribution in [2.45, 2.75) is 44.9 Å². The molecule has 9 nitrogen and oxygen atoms in total. The molecule has 0 unspecified atom stereocenters. The molecular weight excluding hydrogens is 462 g/mol. The van der Waals surface area contributed by atoms with Gasteiger partial charge in [0, 0.05) is 31.1 Å². The molecule has 6 rings (SSSR count). The van der Waals surface area contributed by atoms with Crippen LogP contribution in [0.2, 0.25) is 0 Å². The lowest BCUT2D eigenvalue weighted by atomic mass is 10.1. The third kappa shape index (κ3) is 5.90. The summed E-state index contributed by atoms with van der Waals surface area (Å²) in [5, 5.41) is 5.88. The highest BCUT2D eigenvalue weighted by Crippen LogP contribution is 2.31. The molecule has 9 heteroatoms. The van der Waals surface area contributed by atoms with Crippen LogP contribution < -0.4 is 24.8 Å². The van der Waals surface area contributed by atoms with Crippen molar-refractivity contribution in [3.05, 3.63) is 53.6 Å². The predicted octanol–water partition coefficient (Wildman–Crippen LogP) is 2.28. The van der Waals surface area contributed by atoms with Gasteiger partial charge in [-0.2, -0.15) is 0 Å². The number of likely N-dealkylation sites (tertiary alicyclic amines) is 1. The van der Waals surface area contributed by atoms with Crippen molar-refractivity contribution >= 4 is 17.7 Å². The number of fused-ring (bicyclic) bond motifs is 7. The Morgan fingerprint density at radius 1 is 1.08 bits per heavy atom. The maximum absolute atomic E-state index is 13.3. The first-order chi connectivity index (χ1) is 17.5. The van der Waals surface area contributed by atoms with E-state index in [9.17, 15) is 14.4 Å². The van der Waals surface area contributed by atoms with E-state index in [-0.39, 0.29) is 24.3 Å². The van der Waals surface area contributed by atoms with Gasteiger partial charge in [-0.1, -0.05) is 19.1 Å². The van der Waals surface area contributed by atoms with Crippen LogP contribution in [0.1, 0.15) is 42.1 Å². The molecule has 4 aliphatic rings. The molecule has 4 bridgehead atoms. The van der Waals surface area contributed by atoms with E-state index in [0.29, 0.717) is 61.4 Å². The number of nitrogens with zero attached hydrogens (tertiary/aromatic N) is 1. The Morgan fingerprint density at radius 3 is 2.64 bits per heavy atom. The van der Waals surface area contributed by atoms with Gasteiger partial charge in [0.2, 0.25) is 5.91 Å². The second-order valence-electron chi connectivity index (χ2n) is 9.55. The van der Waals surface area contributed by atoms with Gasteiger partial charge in [0.05, 0.1) is 19.2 Å². The van der Waals surface area contributed by atoms with Gasteiger partial charge in [0.1, 0.15) is 23.4 Å². The molecule has 1 saturated carbocycles. The van der Waals surface area contributed by atoms with Crippen molar-refractivity contribution < 1.29 is 28.6 Å². The molecule has 3 aliphatic heterocycles. The van der Waals surface area contributed by atoms with Gasteiger partial charge in [-0.15, -0.1) is 0 Å². The van der Waals surface area contributed by atoms with Crippen molar-refractivity contribution in [2.24, 2.45) is 5.92 Å². The van der Waals surface area contributed by atoms with Crippen molar-refractivity contribution in [1.29, 1.82) is 0 Å². The van der Waals surface area contributed by atoms with Gasteiger partial charge < -0.3 is 29.7 Å². The quantitative estimate of drug-likeness (QED) is 0.677. The molecule has 0 aromatic heterocycles. The monoisotopic (exact) mass is 493 g/mol. The summed E-state index contributed by atoms with van der Waals surface area (Å²) in [5.74, 6) is 1.47. The number of nitrogens with one attached hydrogen (secondary N) is 2.